The van der Waals surface area contributed by atoms with Crippen molar-refractivity contribution in [1.82, 2.24) is 40.0 Å². The van der Waals surface area contributed by atoms with Crippen LogP contribution >= 0.6 is 11.6 Å². The molecule has 29 heavy (non-hydrogen) atoms. The van der Waals surface area contributed by atoms with E-state index < -0.39 is 0 Å². The molecule has 5 aromatic rings. The van der Waals surface area contributed by atoms with E-state index in [0.717, 1.165) is 28.1 Å². The van der Waals surface area contributed by atoms with Gasteiger partial charge in [0.05, 0.1) is 6.54 Å². The maximum atomic E-state index is 6.02. The fourth-order valence-corrected chi connectivity index (χ4v) is 3.43. The molecule has 0 atom stereocenters. The van der Waals surface area contributed by atoms with Gasteiger partial charge < -0.3 is 4.57 Å². The van der Waals surface area contributed by atoms with E-state index in [1.807, 2.05) is 48.7 Å². The summed E-state index contributed by atoms with van der Waals surface area (Å²) in [6, 6.07) is 20.4. The smallest absolute Gasteiger partial charge is 0.221 e. The van der Waals surface area contributed by atoms with Gasteiger partial charge in [-0.2, -0.15) is 10.3 Å². The van der Waals surface area contributed by atoms with Crippen LogP contribution in [0.4, 0.5) is 0 Å². The molecular formula is C20H15ClN8. The number of aromatic amines is 1. The molecule has 0 amide bonds. The average Bonchev–Trinajstić information content (AvgIpc) is 3.50. The second-order valence-electron chi connectivity index (χ2n) is 6.40. The van der Waals surface area contributed by atoms with Gasteiger partial charge in [0.25, 0.3) is 0 Å². The van der Waals surface area contributed by atoms with E-state index in [4.69, 9.17) is 11.6 Å². The first-order valence-corrected chi connectivity index (χ1v) is 9.30. The molecule has 9 heteroatoms. The molecule has 2 aromatic carbocycles. The summed E-state index contributed by atoms with van der Waals surface area (Å²) in [7, 11) is 0. The minimum absolute atomic E-state index is 0.367. The van der Waals surface area contributed by atoms with E-state index in [9.17, 15) is 0 Å². The highest BCUT2D eigenvalue weighted by Crippen LogP contribution is 2.33. The molecule has 142 valence electrons. The zero-order valence-corrected chi connectivity index (χ0v) is 15.9. The number of nitrogens with zero attached hydrogens (tertiary/aromatic N) is 7. The van der Waals surface area contributed by atoms with Crippen molar-refractivity contribution in [1.29, 1.82) is 0 Å². The standard InChI is InChI=1S/C20H15ClN8/c21-20-22-13-23-29(20)12-14-6-8-16(9-7-14)28-11-10-17(15-4-2-1-3-5-15)18(28)19-24-26-27-25-19/h1-11,13H,12H2,(H,24,25,26,27). The predicted molar refractivity (Wildman–Crippen MR) is 109 cm³/mol. The van der Waals surface area contributed by atoms with Crippen molar-refractivity contribution in [2.45, 2.75) is 6.54 Å². The third-order valence-electron chi connectivity index (χ3n) is 4.64. The van der Waals surface area contributed by atoms with Gasteiger partial charge in [-0.25, -0.2) is 9.67 Å². The lowest BCUT2D eigenvalue weighted by Gasteiger charge is -2.10. The Bertz CT molecular complexity index is 1220. The maximum absolute atomic E-state index is 6.02. The Kier molecular flexibility index (Phi) is 4.38. The van der Waals surface area contributed by atoms with Gasteiger partial charge in [-0.15, -0.1) is 10.2 Å². The van der Waals surface area contributed by atoms with Gasteiger partial charge in [0.15, 0.2) is 0 Å². The van der Waals surface area contributed by atoms with Gasteiger partial charge in [-0.05, 0) is 46.1 Å². The molecular weight excluding hydrogens is 388 g/mol. The summed E-state index contributed by atoms with van der Waals surface area (Å²) in [5, 5.41) is 19.2. The van der Waals surface area contributed by atoms with Gasteiger partial charge in [0, 0.05) is 17.4 Å². The van der Waals surface area contributed by atoms with Crippen molar-refractivity contribution < 1.29 is 0 Å². The molecule has 5 rings (SSSR count). The van der Waals surface area contributed by atoms with Crippen molar-refractivity contribution in [2.24, 2.45) is 0 Å². The SMILES string of the molecule is Clc1ncnn1Cc1ccc(-n2ccc(-c3ccccc3)c2-c2nn[nH]n2)cc1. The first kappa shape index (κ1) is 17.3. The van der Waals surface area contributed by atoms with Crippen molar-refractivity contribution in [3.05, 3.63) is 84.0 Å². The normalized spacial score (nSPS) is 11.1. The lowest BCUT2D eigenvalue weighted by atomic mass is 10.1. The second kappa shape index (κ2) is 7.33. The molecule has 3 aromatic heterocycles. The number of benzene rings is 2. The molecule has 0 unspecified atom stereocenters. The number of rotatable bonds is 5. The molecule has 0 aliphatic rings. The largest absolute Gasteiger partial charge is 0.313 e. The van der Waals surface area contributed by atoms with E-state index in [2.05, 4.69) is 53.5 Å². The molecule has 0 fully saturated rings. The highest BCUT2D eigenvalue weighted by atomic mass is 35.5. The predicted octanol–water partition coefficient (Wildman–Crippen LogP) is 3.62. The van der Waals surface area contributed by atoms with Gasteiger partial charge in [-0.3, -0.25) is 0 Å². The fraction of sp³-hybridized carbons (Fsp3) is 0.0500. The second-order valence-corrected chi connectivity index (χ2v) is 6.74. The van der Waals surface area contributed by atoms with Gasteiger partial charge in [0.1, 0.15) is 12.0 Å². The number of H-pyrrole nitrogens is 1. The zero-order chi connectivity index (χ0) is 19.6. The van der Waals surface area contributed by atoms with Crippen LogP contribution in [0.15, 0.2) is 73.2 Å². The summed E-state index contributed by atoms with van der Waals surface area (Å²) in [6.07, 6.45) is 3.45. The molecule has 8 nitrogen and oxygen atoms in total. The van der Waals surface area contributed by atoms with Crippen LogP contribution in [-0.4, -0.2) is 40.0 Å². The Labute approximate surface area is 170 Å². The van der Waals surface area contributed by atoms with Crippen LogP contribution in [0.5, 0.6) is 0 Å². The first-order chi connectivity index (χ1) is 14.3. The molecule has 0 spiro atoms. The Hall–Kier alpha value is -3.78. The minimum Gasteiger partial charge on any atom is -0.313 e. The third kappa shape index (κ3) is 3.30. The highest BCUT2D eigenvalue weighted by Gasteiger charge is 2.17. The van der Waals surface area contributed by atoms with E-state index in [1.165, 1.54) is 6.33 Å². The van der Waals surface area contributed by atoms with Crippen LogP contribution in [0, 0.1) is 0 Å². The summed E-state index contributed by atoms with van der Waals surface area (Å²) in [5.74, 6) is 0.535. The lowest BCUT2D eigenvalue weighted by molar-refractivity contribution is 0.686. The highest BCUT2D eigenvalue weighted by molar-refractivity contribution is 6.28. The monoisotopic (exact) mass is 402 g/mol. The van der Waals surface area contributed by atoms with Crippen molar-refractivity contribution >= 4 is 11.6 Å². The molecule has 0 radical (unpaired) electrons. The number of nitrogens with one attached hydrogen (secondary N) is 1. The Morgan fingerprint density at radius 3 is 2.48 bits per heavy atom. The Morgan fingerprint density at radius 1 is 0.966 bits per heavy atom. The van der Waals surface area contributed by atoms with E-state index in [0.29, 0.717) is 17.7 Å². The van der Waals surface area contributed by atoms with Crippen LogP contribution in [0.25, 0.3) is 28.3 Å². The average molecular weight is 403 g/mol. The topological polar surface area (TPSA) is 90.1 Å². The molecule has 0 bridgehead atoms. The number of hydrogen-bond acceptors (Lipinski definition) is 5. The molecule has 1 N–H and O–H groups in total. The first-order valence-electron chi connectivity index (χ1n) is 8.93. The minimum atomic E-state index is 0.367. The van der Waals surface area contributed by atoms with Crippen molar-refractivity contribution in [3.63, 3.8) is 0 Å². The summed E-state index contributed by atoms with van der Waals surface area (Å²) in [4.78, 5) is 3.94. The summed E-state index contributed by atoms with van der Waals surface area (Å²) in [6.45, 7) is 0.553. The number of halogens is 1. The maximum Gasteiger partial charge on any atom is 0.221 e. The van der Waals surface area contributed by atoms with E-state index >= 15 is 0 Å². The summed E-state index contributed by atoms with van der Waals surface area (Å²) in [5.41, 5.74) is 5.05. The quantitative estimate of drug-likeness (QED) is 0.485. The van der Waals surface area contributed by atoms with Gasteiger partial charge in [-0.1, -0.05) is 42.5 Å². The fourth-order valence-electron chi connectivity index (χ4n) is 3.28. The van der Waals surface area contributed by atoms with Gasteiger partial charge in [0.2, 0.25) is 11.1 Å². The zero-order valence-electron chi connectivity index (χ0n) is 15.1. The Morgan fingerprint density at radius 2 is 1.79 bits per heavy atom. The molecule has 0 saturated heterocycles. The van der Waals surface area contributed by atoms with Crippen LogP contribution in [0.3, 0.4) is 0 Å². The van der Waals surface area contributed by atoms with E-state index in [-0.39, 0.29) is 0 Å². The molecule has 3 heterocycles. The molecule has 0 saturated carbocycles. The van der Waals surface area contributed by atoms with Crippen LogP contribution in [-0.2, 0) is 6.54 Å². The van der Waals surface area contributed by atoms with Crippen molar-refractivity contribution in [3.8, 4) is 28.3 Å². The van der Waals surface area contributed by atoms with Crippen molar-refractivity contribution in [2.75, 3.05) is 0 Å². The van der Waals surface area contributed by atoms with Crippen LogP contribution in [0.2, 0.25) is 5.28 Å². The number of hydrogen-bond donors (Lipinski definition) is 1. The number of aromatic nitrogens is 8. The molecule has 0 aliphatic carbocycles. The molecule has 0 aliphatic heterocycles. The van der Waals surface area contributed by atoms with Gasteiger partial charge >= 0.3 is 0 Å². The number of tetrazole rings is 1. The Balaban J connectivity index is 1.54. The third-order valence-corrected chi connectivity index (χ3v) is 4.94. The summed E-state index contributed by atoms with van der Waals surface area (Å²) < 4.78 is 3.70. The van der Waals surface area contributed by atoms with E-state index in [1.54, 1.807) is 4.68 Å². The lowest BCUT2D eigenvalue weighted by Crippen LogP contribution is -2.03. The van der Waals surface area contributed by atoms with Crippen LogP contribution in [0.1, 0.15) is 5.56 Å². The van der Waals surface area contributed by atoms with Crippen LogP contribution < -0.4 is 0 Å². The summed E-state index contributed by atoms with van der Waals surface area (Å²) >= 11 is 6.02.